The summed E-state index contributed by atoms with van der Waals surface area (Å²) in [5, 5.41) is 0.842. The summed E-state index contributed by atoms with van der Waals surface area (Å²) >= 11 is 0. The zero-order chi connectivity index (χ0) is 26.6. The topological polar surface area (TPSA) is 88.2 Å². The number of pyridine rings is 2. The van der Waals surface area contributed by atoms with Gasteiger partial charge in [-0.25, -0.2) is 4.68 Å². The number of fused-ring (bicyclic) bond motifs is 1. The van der Waals surface area contributed by atoms with Gasteiger partial charge in [-0.15, -0.1) is 0 Å². The fourth-order valence-corrected chi connectivity index (χ4v) is 4.55. The molecular formula is C30H28N4O4. The fraction of sp³-hybridized carbons (Fsp3) is 0.200. The van der Waals surface area contributed by atoms with E-state index in [2.05, 4.69) is 9.97 Å². The number of methoxy groups -OCH3 is 1. The molecule has 0 aliphatic carbocycles. The Morgan fingerprint density at radius 1 is 0.974 bits per heavy atom. The number of carbonyl (C=O) groups is 1. The molecule has 0 radical (unpaired) electrons. The number of hydrogen-bond acceptors (Lipinski definition) is 6. The summed E-state index contributed by atoms with van der Waals surface area (Å²) < 4.78 is 14.8. The molecular weight excluding hydrogens is 480 g/mol. The smallest absolute Gasteiger partial charge is 0.282 e. The summed E-state index contributed by atoms with van der Waals surface area (Å²) in [4.78, 5) is 35.5. The van der Waals surface area contributed by atoms with Crippen LogP contribution in [-0.4, -0.2) is 32.2 Å². The number of ether oxygens (including phenoxy) is 2. The predicted octanol–water partition coefficient (Wildman–Crippen LogP) is 5.53. The highest BCUT2D eigenvalue weighted by Gasteiger charge is 2.23. The van der Waals surface area contributed by atoms with Gasteiger partial charge in [-0.05, 0) is 55.8 Å². The van der Waals surface area contributed by atoms with Crippen LogP contribution in [0.25, 0.3) is 16.6 Å². The van der Waals surface area contributed by atoms with Crippen molar-refractivity contribution in [3.8, 4) is 22.9 Å². The van der Waals surface area contributed by atoms with Crippen molar-refractivity contribution in [3.05, 3.63) is 106 Å². The fourth-order valence-electron chi connectivity index (χ4n) is 4.55. The van der Waals surface area contributed by atoms with E-state index in [1.807, 2.05) is 67.1 Å². The van der Waals surface area contributed by atoms with Gasteiger partial charge in [0.15, 0.2) is 5.78 Å². The van der Waals surface area contributed by atoms with Crippen LogP contribution in [0.15, 0.2) is 83.9 Å². The molecule has 0 spiro atoms. The maximum absolute atomic E-state index is 13.4. The van der Waals surface area contributed by atoms with E-state index in [1.54, 1.807) is 42.4 Å². The van der Waals surface area contributed by atoms with Crippen LogP contribution >= 0.6 is 0 Å². The van der Waals surface area contributed by atoms with Gasteiger partial charge in [-0.1, -0.05) is 25.1 Å². The first-order valence-electron chi connectivity index (χ1n) is 12.5. The summed E-state index contributed by atoms with van der Waals surface area (Å²) in [5.41, 5.74) is 2.58. The maximum Gasteiger partial charge on any atom is 0.282 e. The third-order valence-electron chi connectivity index (χ3n) is 6.39. The molecule has 5 aromatic rings. The van der Waals surface area contributed by atoms with E-state index >= 15 is 0 Å². The average Bonchev–Trinajstić information content (AvgIpc) is 3.19. The monoisotopic (exact) mass is 508 g/mol. The molecule has 0 fully saturated rings. The van der Waals surface area contributed by atoms with Gasteiger partial charge in [-0.2, -0.15) is 0 Å². The number of aromatic nitrogens is 4. The molecule has 0 atom stereocenters. The normalized spacial score (nSPS) is 11.0. The summed E-state index contributed by atoms with van der Waals surface area (Å²) in [5.74, 6) is 1.62. The Hall–Kier alpha value is -4.72. The van der Waals surface area contributed by atoms with E-state index in [9.17, 15) is 9.59 Å². The van der Waals surface area contributed by atoms with Gasteiger partial charge in [0.1, 0.15) is 22.8 Å². The number of hydrogen-bond donors (Lipinski definition) is 0. The summed E-state index contributed by atoms with van der Waals surface area (Å²) in [6.07, 6.45) is 4.10. The van der Waals surface area contributed by atoms with Gasteiger partial charge in [-0.3, -0.25) is 24.2 Å². The molecule has 5 rings (SSSR count). The standard InChI is InChI=1S/C30H28N4O4/c1-4-16-33-20(2)29(30(36)34(33)22-8-6-5-7-9-22)27(35)17-21-10-11-24(19-32-21)38-28-14-15-31-26-18-23(37-3)12-13-25(26)28/h5-15,18-19H,4,16-17H2,1-3H3. The van der Waals surface area contributed by atoms with Gasteiger partial charge in [0, 0.05) is 35.6 Å². The molecule has 0 aliphatic rings. The van der Waals surface area contributed by atoms with Gasteiger partial charge >= 0.3 is 0 Å². The van der Waals surface area contributed by atoms with Crippen molar-refractivity contribution in [2.75, 3.05) is 7.11 Å². The van der Waals surface area contributed by atoms with Gasteiger partial charge in [0.25, 0.3) is 5.56 Å². The third-order valence-corrected chi connectivity index (χ3v) is 6.39. The molecule has 0 unspecified atom stereocenters. The van der Waals surface area contributed by atoms with Crippen molar-refractivity contribution < 1.29 is 14.3 Å². The minimum atomic E-state index is -0.312. The molecule has 0 aliphatic heterocycles. The Morgan fingerprint density at radius 2 is 1.76 bits per heavy atom. The van der Waals surface area contributed by atoms with Gasteiger partial charge < -0.3 is 9.47 Å². The molecule has 3 heterocycles. The second-order valence-electron chi connectivity index (χ2n) is 8.92. The van der Waals surface area contributed by atoms with Crippen molar-refractivity contribution in [2.45, 2.75) is 33.2 Å². The SMILES string of the molecule is CCCn1c(C)c(C(=O)Cc2ccc(Oc3ccnc4cc(OC)ccc34)cn2)c(=O)n1-c1ccccc1. The lowest BCUT2D eigenvalue weighted by molar-refractivity contribution is 0.0990. The summed E-state index contributed by atoms with van der Waals surface area (Å²) in [7, 11) is 1.61. The molecule has 0 amide bonds. The minimum Gasteiger partial charge on any atom is -0.497 e. The van der Waals surface area contributed by atoms with Gasteiger partial charge in [0.05, 0.1) is 30.9 Å². The third kappa shape index (κ3) is 4.80. The number of rotatable bonds is 9. The Kier molecular flexibility index (Phi) is 7.04. The van der Waals surface area contributed by atoms with Crippen LogP contribution in [0.2, 0.25) is 0 Å². The average molecular weight is 509 g/mol. The van der Waals surface area contributed by atoms with Gasteiger partial charge in [0.2, 0.25) is 0 Å². The Morgan fingerprint density at radius 3 is 2.47 bits per heavy atom. The van der Waals surface area contributed by atoms with E-state index in [4.69, 9.17) is 9.47 Å². The maximum atomic E-state index is 13.4. The van der Waals surface area contributed by atoms with Crippen LogP contribution in [0, 0.1) is 6.92 Å². The molecule has 0 bridgehead atoms. The second kappa shape index (κ2) is 10.7. The first-order chi connectivity index (χ1) is 18.5. The zero-order valence-corrected chi connectivity index (χ0v) is 21.5. The van der Waals surface area contributed by atoms with E-state index in [0.717, 1.165) is 23.0 Å². The predicted molar refractivity (Wildman–Crippen MR) is 146 cm³/mol. The van der Waals surface area contributed by atoms with Crippen molar-refractivity contribution in [3.63, 3.8) is 0 Å². The van der Waals surface area contributed by atoms with E-state index < -0.39 is 0 Å². The first kappa shape index (κ1) is 25.0. The minimum absolute atomic E-state index is 0.0132. The van der Waals surface area contributed by atoms with Crippen LogP contribution in [0.4, 0.5) is 0 Å². The Labute approximate surface area is 220 Å². The van der Waals surface area contributed by atoms with Crippen LogP contribution in [-0.2, 0) is 13.0 Å². The molecule has 0 saturated carbocycles. The van der Waals surface area contributed by atoms with Crippen LogP contribution < -0.4 is 15.0 Å². The molecule has 8 heteroatoms. The summed E-state index contributed by atoms with van der Waals surface area (Å²) in [6.45, 7) is 4.49. The number of ketones is 1. The molecule has 38 heavy (non-hydrogen) atoms. The number of carbonyl (C=O) groups excluding carboxylic acids is 1. The lowest BCUT2D eigenvalue weighted by Crippen LogP contribution is -2.24. The second-order valence-corrected chi connectivity index (χ2v) is 8.92. The highest BCUT2D eigenvalue weighted by atomic mass is 16.5. The lowest BCUT2D eigenvalue weighted by Gasteiger charge is -2.12. The van der Waals surface area contributed by atoms with Crippen molar-refractivity contribution in [1.29, 1.82) is 0 Å². The molecule has 2 aromatic carbocycles. The van der Waals surface area contributed by atoms with Crippen LogP contribution in [0.3, 0.4) is 0 Å². The zero-order valence-electron chi connectivity index (χ0n) is 21.5. The first-order valence-corrected chi connectivity index (χ1v) is 12.5. The van der Waals surface area contributed by atoms with E-state index in [-0.39, 0.29) is 23.3 Å². The number of Topliss-reactive ketones (excluding diaryl/α,β-unsaturated/α-hetero) is 1. The van der Waals surface area contributed by atoms with Crippen molar-refractivity contribution in [2.24, 2.45) is 0 Å². The number of para-hydroxylation sites is 1. The number of nitrogens with zero attached hydrogens (tertiary/aromatic N) is 4. The molecule has 192 valence electrons. The lowest BCUT2D eigenvalue weighted by atomic mass is 10.1. The Balaban J connectivity index is 1.38. The molecule has 8 nitrogen and oxygen atoms in total. The van der Waals surface area contributed by atoms with Crippen molar-refractivity contribution >= 4 is 16.7 Å². The van der Waals surface area contributed by atoms with E-state index in [1.165, 1.54) is 0 Å². The van der Waals surface area contributed by atoms with Crippen molar-refractivity contribution in [1.82, 2.24) is 19.3 Å². The Bertz CT molecular complexity index is 1650. The highest BCUT2D eigenvalue weighted by Crippen LogP contribution is 2.30. The summed E-state index contributed by atoms with van der Waals surface area (Å²) in [6, 6.07) is 20.3. The molecule has 0 N–H and O–H groups in total. The van der Waals surface area contributed by atoms with Crippen LogP contribution in [0.5, 0.6) is 17.2 Å². The molecule has 3 aromatic heterocycles. The van der Waals surface area contributed by atoms with Crippen LogP contribution in [0.1, 0.15) is 35.1 Å². The van der Waals surface area contributed by atoms with E-state index in [0.29, 0.717) is 35.2 Å². The quantitative estimate of drug-likeness (QED) is 0.243. The number of benzene rings is 2. The largest absolute Gasteiger partial charge is 0.497 e. The highest BCUT2D eigenvalue weighted by molar-refractivity contribution is 5.98. The molecule has 0 saturated heterocycles.